The molecule has 0 bridgehead atoms. The van der Waals surface area contributed by atoms with E-state index < -0.39 is 6.04 Å². The van der Waals surface area contributed by atoms with Gasteiger partial charge in [-0.1, -0.05) is 37.5 Å². The topological polar surface area (TPSA) is 86.4 Å². The maximum atomic E-state index is 13.9. The Bertz CT molecular complexity index is 1020. The monoisotopic (exact) mass is 495 g/mol. The molecule has 2 fully saturated rings. The second-order valence-electron chi connectivity index (χ2n) is 10.0. The second-order valence-corrected chi connectivity index (χ2v) is 10.0. The third kappa shape index (κ3) is 6.40. The van der Waals surface area contributed by atoms with Gasteiger partial charge in [-0.15, -0.1) is 0 Å². The van der Waals surface area contributed by atoms with E-state index in [-0.39, 0.29) is 35.6 Å². The number of halogens is 1. The first-order chi connectivity index (χ1) is 17.5. The number of anilines is 1. The molecule has 2 aromatic rings. The first-order valence-corrected chi connectivity index (χ1v) is 13.2. The van der Waals surface area contributed by atoms with Gasteiger partial charge in [-0.2, -0.15) is 0 Å². The maximum absolute atomic E-state index is 13.9. The summed E-state index contributed by atoms with van der Waals surface area (Å²) in [6.45, 7) is 3.01. The lowest BCUT2D eigenvalue weighted by molar-refractivity contribution is -0.139. The van der Waals surface area contributed by atoms with Crippen molar-refractivity contribution in [2.75, 3.05) is 18.9 Å². The minimum atomic E-state index is -0.506. The number of likely N-dealkylation sites (tertiary alicyclic amines) is 1. The molecule has 0 unspecified atom stereocenters. The van der Waals surface area contributed by atoms with Gasteiger partial charge in [0.1, 0.15) is 17.7 Å². The molecular weight excluding hydrogens is 457 g/mol. The molecule has 3 N–H and O–H groups in total. The number of rotatable bonds is 9. The smallest absolute Gasteiger partial charge is 0.246 e. The summed E-state index contributed by atoms with van der Waals surface area (Å²) in [6.07, 6.45) is 7.06. The third-order valence-electron chi connectivity index (χ3n) is 7.55. The molecule has 0 spiro atoms. The highest BCUT2D eigenvalue weighted by atomic mass is 19.1. The molecule has 0 radical (unpaired) electrons. The number of carbonyl (C=O) groups is 2. The van der Waals surface area contributed by atoms with Crippen molar-refractivity contribution in [1.82, 2.24) is 20.5 Å². The highest BCUT2D eigenvalue weighted by Crippen LogP contribution is 2.34. The van der Waals surface area contributed by atoms with Gasteiger partial charge in [0.15, 0.2) is 0 Å². The number of carbonyl (C=O) groups excluding carboxylic acids is 2. The number of aromatic nitrogens is 1. The van der Waals surface area contributed by atoms with Crippen molar-refractivity contribution >= 4 is 17.6 Å². The van der Waals surface area contributed by atoms with E-state index in [2.05, 4.69) is 16.0 Å². The van der Waals surface area contributed by atoms with Crippen molar-refractivity contribution in [3.8, 4) is 0 Å². The van der Waals surface area contributed by atoms with Crippen LogP contribution in [0.15, 0.2) is 42.5 Å². The third-order valence-corrected chi connectivity index (χ3v) is 7.55. The predicted molar refractivity (Wildman–Crippen MR) is 139 cm³/mol. The number of amides is 2. The van der Waals surface area contributed by atoms with E-state index in [1.165, 1.54) is 18.6 Å². The Balaban J connectivity index is 1.48. The van der Waals surface area contributed by atoms with Crippen LogP contribution in [-0.4, -0.2) is 47.4 Å². The molecule has 1 aromatic heterocycles. The quantitative estimate of drug-likeness (QED) is 0.486. The molecule has 4 rings (SSSR count). The normalized spacial score (nSPS) is 20.1. The summed E-state index contributed by atoms with van der Waals surface area (Å²) in [5.41, 5.74) is 1.81. The SMILES string of the molecule is CN[C@@H](C)C(=O)N[C@H](C(=O)N1CCC[C@H]1c1cccc(NCc2ccc(F)cc2)n1)C1CCCCC1. The lowest BCUT2D eigenvalue weighted by atomic mass is 9.83. The standard InChI is InChI=1S/C28H38FN5O2/c1-19(30-2)27(35)33-26(21-8-4-3-5-9-21)28(36)34-17-7-11-24(34)23-10-6-12-25(32-23)31-18-20-13-15-22(29)16-14-20/h6,10,12-16,19,21,24,26,30H,3-5,7-9,11,17-18H2,1-2H3,(H,31,32)(H,33,35)/t19-,24-,26-/m0/s1. The van der Waals surface area contributed by atoms with E-state index in [4.69, 9.17) is 4.98 Å². The zero-order valence-electron chi connectivity index (χ0n) is 21.3. The van der Waals surface area contributed by atoms with Crippen molar-refractivity contribution in [1.29, 1.82) is 0 Å². The van der Waals surface area contributed by atoms with E-state index in [9.17, 15) is 14.0 Å². The first-order valence-electron chi connectivity index (χ1n) is 13.2. The number of benzene rings is 1. The molecule has 8 heteroatoms. The zero-order valence-corrected chi connectivity index (χ0v) is 21.3. The molecule has 194 valence electrons. The van der Waals surface area contributed by atoms with Gasteiger partial charge in [0, 0.05) is 13.1 Å². The fraction of sp³-hybridized carbons (Fsp3) is 0.536. The molecule has 1 aromatic carbocycles. The van der Waals surface area contributed by atoms with Gasteiger partial charge in [0.2, 0.25) is 11.8 Å². The molecule has 2 heterocycles. The van der Waals surface area contributed by atoms with Crippen LogP contribution < -0.4 is 16.0 Å². The maximum Gasteiger partial charge on any atom is 0.246 e. The van der Waals surface area contributed by atoms with Gasteiger partial charge in [-0.3, -0.25) is 9.59 Å². The molecule has 2 amide bonds. The van der Waals surface area contributed by atoms with Gasteiger partial charge < -0.3 is 20.9 Å². The molecule has 1 saturated heterocycles. The van der Waals surface area contributed by atoms with Crippen LogP contribution >= 0.6 is 0 Å². The van der Waals surface area contributed by atoms with Crippen molar-refractivity contribution in [3.63, 3.8) is 0 Å². The predicted octanol–water partition coefficient (Wildman–Crippen LogP) is 4.17. The minimum absolute atomic E-state index is 0.00697. The summed E-state index contributed by atoms with van der Waals surface area (Å²) >= 11 is 0. The molecule has 1 saturated carbocycles. The fourth-order valence-corrected chi connectivity index (χ4v) is 5.31. The van der Waals surface area contributed by atoms with Gasteiger partial charge in [0.25, 0.3) is 0 Å². The Labute approximate surface area is 213 Å². The van der Waals surface area contributed by atoms with Crippen LogP contribution in [0.3, 0.4) is 0 Å². The van der Waals surface area contributed by atoms with Crippen LogP contribution in [0.1, 0.15) is 69.2 Å². The molecule has 3 atom stereocenters. The fourth-order valence-electron chi connectivity index (χ4n) is 5.31. The Morgan fingerprint density at radius 3 is 2.53 bits per heavy atom. The van der Waals surface area contributed by atoms with Crippen LogP contribution in [-0.2, 0) is 16.1 Å². The van der Waals surface area contributed by atoms with Crippen LogP contribution in [0, 0.1) is 11.7 Å². The summed E-state index contributed by atoms with van der Waals surface area (Å²) in [4.78, 5) is 33.4. The van der Waals surface area contributed by atoms with Crippen molar-refractivity contribution in [3.05, 3.63) is 59.5 Å². The van der Waals surface area contributed by atoms with Gasteiger partial charge in [0.05, 0.1) is 17.8 Å². The van der Waals surface area contributed by atoms with Crippen molar-refractivity contribution in [2.45, 2.75) is 76.5 Å². The lowest BCUT2D eigenvalue weighted by Gasteiger charge is -2.35. The Morgan fingerprint density at radius 2 is 1.81 bits per heavy atom. The van der Waals surface area contributed by atoms with E-state index in [0.717, 1.165) is 55.6 Å². The van der Waals surface area contributed by atoms with Gasteiger partial charge >= 0.3 is 0 Å². The Hall–Kier alpha value is -3.00. The summed E-state index contributed by atoms with van der Waals surface area (Å²) in [5.74, 6) is 0.496. The highest BCUT2D eigenvalue weighted by Gasteiger charge is 2.39. The van der Waals surface area contributed by atoms with Crippen molar-refractivity contribution < 1.29 is 14.0 Å². The number of nitrogens with zero attached hydrogens (tertiary/aromatic N) is 2. The summed E-state index contributed by atoms with van der Waals surface area (Å²) in [5, 5.41) is 9.37. The van der Waals surface area contributed by atoms with E-state index in [1.807, 2.05) is 30.0 Å². The number of nitrogens with one attached hydrogen (secondary N) is 3. The molecule has 1 aliphatic heterocycles. The molecule has 7 nitrogen and oxygen atoms in total. The molecule has 36 heavy (non-hydrogen) atoms. The van der Waals surface area contributed by atoms with E-state index >= 15 is 0 Å². The largest absolute Gasteiger partial charge is 0.366 e. The van der Waals surface area contributed by atoms with E-state index in [0.29, 0.717) is 13.1 Å². The average Bonchev–Trinajstić information content (AvgIpc) is 3.41. The zero-order chi connectivity index (χ0) is 25.5. The summed E-state index contributed by atoms with van der Waals surface area (Å²) < 4.78 is 13.2. The summed E-state index contributed by atoms with van der Waals surface area (Å²) in [7, 11) is 1.75. The highest BCUT2D eigenvalue weighted by molar-refractivity contribution is 5.90. The van der Waals surface area contributed by atoms with Crippen LogP contribution in [0.4, 0.5) is 10.2 Å². The Morgan fingerprint density at radius 1 is 1.06 bits per heavy atom. The second kappa shape index (κ2) is 12.3. The number of hydrogen-bond acceptors (Lipinski definition) is 5. The average molecular weight is 496 g/mol. The van der Waals surface area contributed by atoms with E-state index in [1.54, 1.807) is 19.2 Å². The minimum Gasteiger partial charge on any atom is -0.366 e. The number of hydrogen-bond donors (Lipinski definition) is 3. The summed E-state index contributed by atoms with van der Waals surface area (Å²) in [6, 6.07) is 11.2. The lowest BCUT2D eigenvalue weighted by Crippen LogP contribution is -2.55. The van der Waals surface area contributed by atoms with Crippen LogP contribution in [0.2, 0.25) is 0 Å². The first kappa shape index (κ1) is 26.1. The van der Waals surface area contributed by atoms with Crippen LogP contribution in [0.25, 0.3) is 0 Å². The molecule has 1 aliphatic carbocycles. The number of pyridine rings is 1. The van der Waals surface area contributed by atoms with Gasteiger partial charge in [-0.05, 0) is 75.4 Å². The van der Waals surface area contributed by atoms with Crippen molar-refractivity contribution in [2.24, 2.45) is 5.92 Å². The van der Waals surface area contributed by atoms with Gasteiger partial charge in [-0.25, -0.2) is 9.37 Å². The Kier molecular flexibility index (Phi) is 8.91. The van der Waals surface area contributed by atoms with Crippen LogP contribution in [0.5, 0.6) is 0 Å². The number of likely N-dealkylation sites (N-methyl/N-ethyl adjacent to an activating group) is 1. The molecule has 2 aliphatic rings. The molecular formula is C28H38FN5O2.